The van der Waals surface area contributed by atoms with Crippen LogP contribution in [0.4, 0.5) is 0 Å². The van der Waals surface area contributed by atoms with Crippen molar-refractivity contribution in [2.75, 3.05) is 60.5 Å². The number of benzene rings is 1. The fourth-order valence-electron chi connectivity index (χ4n) is 9.91. The number of hydrazine groups is 1. The largest absolute Gasteiger partial charge is 0.467 e. The van der Waals surface area contributed by atoms with Crippen molar-refractivity contribution >= 4 is 52.3 Å². The average molecular weight is 978 g/mol. The molecule has 1 spiro atoms. The summed E-state index contributed by atoms with van der Waals surface area (Å²) in [6.07, 6.45) is 4.55. The standard InChI is InChI=1S/C53H71N9O7S/c1-12-60-42-18-17-36(26-38(42)39(28-51(5,6)32-69-33-63)47(60)37-16-15-22-54-45(37)35(4)68-11)41-29-70-43(56-41)27-40(49(66)62-24-14-13-23-55-62)57-48(65)46(34(2)3)61-25-21-53(50(61)67)30-59(31-53)44(64)19-20-52(7,8)58(9)10/h15-18,22,26,29,33-35,40,46,55H,12-14,21,23-25,27-28,30-32H2,1-11H3,(H,57,65). The third-order valence-electron chi connectivity index (χ3n) is 14.4. The van der Waals surface area contributed by atoms with Crippen LogP contribution in [-0.2, 0) is 52.8 Å². The number of nitrogens with one attached hydrogen (secondary N) is 2. The highest BCUT2D eigenvalue weighted by Gasteiger charge is 2.58. The maximum atomic E-state index is 14.6. The number of pyridine rings is 1. The van der Waals surface area contributed by atoms with Gasteiger partial charge in [-0.1, -0.05) is 39.7 Å². The third-order valence-corrected chi connectivity index (χ3v) is 15.3. The number of ether oxygens (including phenoxy) is 2. The molecule has 0 saturated carbocycles. The van der Waals surface area contributed by atoms with E-state index >= 15 is 0 Å². The minimum absolute atomic E-state index is 0.148. The quantitative estimate of drug-likeness (QED) is 0.0902. The van der Waals surface area contributed by atoms with Crippen LogP contribution in [0.3, 0.4) is 0 Å². The molecule has 3 aliphatic rings. The van der Waals surface area contributed by atoms with Gasteiger partial charge in [-0.15, -0.1) is 11.3 Å². The molecule has 3 unspecified atom stereocenters. The molecule has 0 radical (unpaired) electrons. The molecule has 6 heterocycles. The van der Waals surface area contributed by atoms with Gasteiger partial charge in [0.1, 0.15) is 12.1 Å². The van der Waals surface area contributed by atoms with Gasteiger partial charge in [0.2, 0.25) is 11.8 Å². The molecule has 3 fully saturated rings. The average Bonchev–Trinajstić information content (AvgIpc) is 4.02. The number of rotatable bonds is 18. The van der Waals surface area contributed by atoms with Crippen molar-refractivity contribution in [1.29, 1.82) is 0 Å². The summed E-state index contributed by atoms with van der Waals surface area (Å²) in [5, 5.41) is 8.40. The highest BCUT2D eigenvalue weighted by Crippen LogP contribution is 2.44. The zero-order valence-electron chi connectivity index (χ0n) is 42.8. The summed E-state index contributed by atoms with van der Waals surface area (Å²) < 4.78 is 13.4. The molecule has 4 aromatic rings. The van der Waals surface area contributed by atoms with E-state index in [4.69, 9.17) is 19.4 Å². The van der Waals surface area contributed by atoms with Gasteiger partial charge in [-0.2, -0.15) is 0 Å². The summed E-state index contributed by atoms with van der Waals surface area (Å²) in [6, 6.07) is 8.59. The number of methoxy groups -OCH3 is 1. The Kier molecular flexibility index (Phi) is 15.9. The molecular weight excluding hydrogens is 907 g/mol. The molecule has 2 N–H and O–H groups in total. The Morgan fingerprint density at radius 2 is 1.84 bits per heavy atom. The lowest BCUT2D eigenvalue weighted by Crippen LogP contribution is -2.63. The fourth-order valence-corrected chi connectivity index (χ4v) is 10.8. The molecule has 17 heteroatoms. The van der Waals surface area contributed by atoms with E-state index in [0.717, 1.165) is 57.5 Å². The third kappa shape index (κ3) is 10.8. The molecule has 0 bridgehead atoms. The zero-order chi connectivity index (χ0) is 50.7. The molecule has 3 aromatic heterocycles. The molecular formula is C53H71N9O7S. The number of likely N-dealkylation sites (tertiary alicyclic amines) is 2. The Hall–Kier alpha value is -5.67. The normalized spacial score (nSPS) is 17.4. The van der Waals surface area contributed by atoms with Crippen LogP contribution in [0.15, 0.2) is 41.9 Å². The first kappa shape index (κ1) is 52.2. The number of aromatic nitrogens is 3. The van der Waals surface area contributed by atoms with Gasteiger partial charge in [0.05, 0.1) is 45.8 Å². The maximum absolute atomic E-state index is 14.6. The first-order valence-corrected chi connectivity index (χ1v) is 25.4. The maximum Gasteiger partial charge on any atom is 0.298 e. The highest BCUT2D eigenvalue weighted by molar-refractivity contribution is 7.10. The van der Waals surface area contributed by atoms with Gasteiger partial charge < -0.3 is 29.2 Å². The first-order valence-electron chi connectivity index (χ1n) is 24.5. The van der Waals surface area contributed by atoms with Crippen LogP contribution < -0.4 is 10.7 Å². The number of hydrogen-bond acceptors (Lipinski definition) is 12. The van der Waals surface area contributed by atoms with Crippen LogP contribution in [0.2, 0.25) is 0 Å². The van der Waals surface area contributed by atoms with Crippen LogP contribution in [0.5, 0.6) is 0 Å². The number of nitrogens with zero attached hydrogens (tertiary/aromatic N) is 7. The smallest absolute Gasteiger partial charge is 0.298 e. The monoisotopic (exact) mass is 978 g/mol. The predicted molar refractivity (Wildman–Crippen MR) is 271 cm³/mol. The number of carbonyl (C=O) groups excluding carboxylic acids is 5. The van der Waals surface area contributed by atoms with Crippen LogP contribution in [0.25, 0.3) is 33.4 Å². The summed E-state index contributed by atoms with van der Waals surface area (Å²) in [5.74, 6) is 4.43. The van der Waals surface area contributed by atoms with E-state index < -0.39 is 34.4 Å². The van der Waals surface area contributed by atoms with Gasteiger partial charge in [0.25, 0.3) is 18.3 Å². The second-order valence-electron chi connectivity index (χ2n) is 20.9. The van der Waals surface area contributed by atoms with Gasteiger partial charge >= 0.3 is 0 Å². The van der Waals surface area contributed by atoms with Crippen molar-refractivity contribution in [3.63, 3.8) is 0 Å². The lowest BCUT2D eigenvalue weighted by atomic mass is 9.78. The van der Waals surface area contributed by atoms with E-state index in [2.05, 4.69) is 72.2 Å². The number of amides is 4. The molecule has 4 amide bonds. The van der Waals surface area contributed by atoms with E-state index in [1.807, 2.05) is 65.1 Å². The molecule has 0 aliphatic carbocycles. The number of carbonyl (C=O) groups is 5. The highest BCUT2D eigenvalue weighted by atomic mass is 32.1. The van der Waals surface area contributed by atoms with E-state index in [9.17, 15) is 24.0 Å². The van der Waals surface area contributed by atoms with Crippen molar-refractivity contribution < 1.29 is 33.4 Å². The van der Waals surface area contributed by atoms with Gasteiger partial charge in [-0.3, -0.25) is 38.9 Å². The van der Waals surface area contributed by atoms with Crippen LogP contribution in [-0.4, -0.2) is 143 Å². The Morgan fingerprint density at radius 1 is 1.09 bits per heavy atom. The Labute approximate surface area is 416 Å². The Bertz CT molecular complexity index is 2650. The summed E-state index contributed by atoms with van der Waals surface area (Å²) in [5.41, 5.74) is 8.14. The molecule has 3 atom stereocenters. The Morgan fingerprint density at radius 3 is 2.50 bits per heavy atom. The van der Waals surface area contributed by atoms with Gasteiger partial charge in [-0.05, 0) is 109 Å². The minimum atomic E-state index is -0.957. The van der Waals surface area contributed by atoms with Gasteiger partial charge in [0.15, 0.2) is 0 Å². The van der Waals surface area contributed by atoms with Gasteiger partial charge in [-0.25, -0.2) is 10.4 Å². The zero-order valence-corrected chi connectivity index (χ0v) is 43.6. The van der Waals surface area contributed by atoms with E-state index in [0.29, 0.717) is 50.5 Å². The van der Waals surface area contributed by atoms with Gasteiger partial charge in [0, 0.05) is 91.8 Å². The van der Waals surface area contributed by atoms with E-state index in [-0.39, 0.29) is 55.9 Å². The second-order valence-corrected chi connectivity index (χ2v) is 21.9. The fraction of sp³-hybridized carbons (Fsp3) is 0.566. The number of hydrogen-bond donors (Lipinski definition) is 2. The van der Waals surface area contributed by atoms with Crippen molar-refractivity contribution in [2.24, 2.45) is 16.7 Å². The molecule has 7 rings (SSSR count). The van der Waals surface area contributed by atoms with E-state index in [1.165, 1.54) is 11.3 Å². The van der Waals surface area contributed by atoms with Crippen LogP contribution in [0, 0.1) is 28.6 Å². The summed E-state index contributed by atoms with van der Waals surface area (Å²) in [6.45, 7) is 19.4. The second kappa shape index (κ2) is 21.4. The predicted octanol–water partition coefficient (Wildman–Crippen LogP) is 5.88. The molecule has 16 nitrogen and oxygen atoms in total. The lowest BCUT2D eigenvalue weighted by molar-refractivity contribution is -0.155. The van der Waals surface area contributed by atoms with Crippen molar-refractivity contribution in [2.45, 2.75) is 118 Å². The van der Waals surface area contributed by atoms with Crippen molar-refractivity contribution in [3.8, 4) is 34.4 Å². The first-order chi connectivity index (χ1) is 33.2. The molecule has 1 aromatic carbocycles. The number of thiazole rings is 1. The SMILES string of the molecule is CCn1c(-c2cccnc2C(C)OC)c(CC(C)(C)COC=O)c2cc(-c3csc(CC(NC(=O)C(C(C)C)N4CCC5(CN(C(=O)C#CC(C)(C)N(C)C)C5)C4=O)C(=O)N4CCCCN4)n3)ccc21. The number of fused-ring (bicyclic) bond motifs is 1. The summed E-state index contributed by atoms with van der Waals surface area (Å²) in [7, 11) is 5.49. The molecule has 3 aliphatic heterocycles. The molecule has 3 saturated heterocycles. The van der Waals surface area contributed by atoms with Crippen LogP contribution >= 0.6 is 11.3 Å². The molecule has 376 valence electrons. The van der Waals surface area contributed by atoms with Crippen molar-refractivity contribution in [3.05, 3.63) is 58.2 Å². The summed E-state index contributed by atoms with van der Waals surface area (Å²) >= 11 is 1.43. The summed E-state index contributed by atoms with van der Waals surface area (Å²) in [4.78, 5) is 82.7. The van der Waals surface area contributed by atoms with Crippen LogP contribution in [0.1, 0.15) is 97.0 Å². The molecule has 70 heavy (non-hydrogen) atoms. The number of aryl methyl sites for hydroxylation is 1. The minimum Gasteiger partial charge on any atom is -0.467 e. The van der Waals surface area contributed by atoms with E-state index in [1.54, 1.807) is 28.1 Å². The Balaban J connectivity index is 1.16. The topological polar surface area (TPSA) is 172 Å². The van der Waals surface area contributed by atoms with Crippen molar-refractivity contribution in [1.82, 2.24) is 45.0 Å². The lowest BCUT2D eigenvalue weighted by Gasteiger charge is -2.46.